The first-order valence-electron chi connectivity index (χ1n) is 1.34. The predicted molar refractivity (Wildman–Crippen MR) is 19.0 cm³/mol. The molecule has 0 atom stereocenters. The first-order valence-corrected chi connectivity index (χ1v) is 1.34. The van der Waals surface area contributed by atoms with Crippen molar-refractivity contribution in [2.75, 3.05) is 7.05 Å². The van der Waals surface area contributed by atoms with Gasteiger partial charge >= 0.3 is 0 Å². The summed E-state index contributed by atoms with van der Waals surface area (Å²) in [6.45, 7) is 0. The van der Waals surface area contributed by atoms with Crippen LogP contribution in [0.1, 0.15) is 0 Å². The third kappa shape index (κ3) is 1.14. The molecule has 0 aromatic rings. The average molecular weight is 81.1 g/mol. The van der Waals surface area contributed by atoms with Crippen molar-refractivity contribution >= 4 is 0 Å². The molecule has 0 aromatic carbocycles. The first-order chi connectivity index (χ1) is 2.81. The summed E-state index contributed by atoms with van der Waals surface area (Å²) in [7, 11) is 1.39. The Morgan fingerprint density at radius 3 is 1.67 bits per heavy atom. The molecule has 0 aliphatic heterocycles. The van der Waals surface area contributed by atoms with E-state index in [-0.39, 0.29) is 0 Å². The maximum Gasteiger partial charge on any atom is 0.193 e. The Labute approximate surface area is 36.0 Å². The maximum atomic E-state index is 7.79. The molecular formula is C3H3N3. The van der Waals surface area contributed by atoms with Gasteiger partial charge in [0.15, 0.2) is 12.4 Å². The number of hydrogen-bond acceptors (Lipinski definition) is 3. The smallest absolute Gasteiger partial charge is 0.193 e. The lowest BCUT2D eigenvalue weighted by molar-refractivity contribution is 0.671. The SMILES string of the molecule is CN(C#N)C#N. The van der Waals surface area contributed by atoms with Crippen molar-refractivity contribution in [2.24, 2.45) is 0 Å². The minimum Gasteiger partial charge on any atom is -0.219 e. The second-order valence-electron chi connectivity index (χ2n) is 0.759. The summed E-state index contributed by atoms with van der Waals surface area (Å²) in [6, 6.07) is 0. The van der Waals surface area contributed by atoms with Crippen LogP contribution in [0.15, 0.2) is 0 Å². The molecule has 3 nitrogen and oxygen atoms in total. The van der Waals surface area contributed by atoms with Gasteiger partial charge in [-0.3, -0.25) is 0 Å². The summed E-state index contributed by atoms with van der Waals surface area (Å²) >= 11 is 0. The van der Waals surface area contributed by atoms with Crippen LogP contribution < -0.4 is 0 Å². The number of hydrogen-bond donors (Lipinski definition) is 0. The molecule has 30 valence electrons. The fraction of sp³-hybridized carbons (Fsp3) is 0.333. The maximum absolute atomic E-state index is 7.79. The molecule has 3 heteroatoms. The third-order valence-corrected chi connectivity index (χ3v) is 0.300. The standard InChI is InChI=1S/C3H3N3/c1-6(2-4)3-5/h1H3. The van der Waals surface area contributed by atoms with Crippen LogP contribution >= 0.6 is 0 Å². The summed E-state index contributed by atoms with van der Waals surface area (Å²) in [5, 5.41) is 15.6. The Bertz CT molecular complexity index is 90.2. The Hall–Kier alpha value is -1.22. The van der Waals surface area contributed by atoms with Crippen molar-refractivity contribution < 1.29 is 0 Å². The zero-order valence-corrected chi connectivity index (χ0v) is 3.34. The van der Waals surface area contributed by atoms with Gasteiger partial charge in [-0.15, -0.1) is 0 Å². The van der Waals surface area contributed by atoms with E-state index >= 15 is 0 Å². The van der Waals surface area contributed by atoms with E-state index in [2.05, 4.69) is 0 Å². The predicted octanol–water partition coefficient (Wildman–Crippen LogP) is -0.120. The molecule has 0 heterocycles. The highest BCUT2D eigenvalue weighted by atomic mass is 15.1. The van der Waals surface area contributed by atoms with Gasteiger partial charge in [0.2, 0.25) is 0 Å². The summed E-state index contributed by atoms with van der Waals surface area (Å²) in [4.78, 5) is 0.861. The Kier molecular flexibility index (Phi) is 1.63. The lowest BCUT2D eigenvalue weighted by Gasteiger charge is -1.84. The fourth-order valence-corrected chi connectivity index (χ4v) is 0.0224. The molecule has 0 rings (SSSR count). The molecule has 0 saturated heterocycles. The molecule has 0 fully saturated rings. The van der Waals surface area contributed by atoms with E-state index < -0.39 is 0 Å². The third-order valence-electron chi connectivity index (χ3n) is 0.300. The van der Waals surface area contributed by atoms with Gasteiger partial charge in [0.25, 0.3) is 0 Å². The second kappa shape index (κ2) is 2.04. The normalized spacial score (nSPS) is 5.17. The second-order valence-corrected chi connectivity index (χ2v) is 0.759. The summed E-state index contributed by atoms with van der Waals surface area (Å²) in [5.41, 5.74) is 0. The summed E-state index contributed by atoms with van der Waals surface area (Å²) in [6.07, 6.45) is 3.17. The van der Waals surface area contributed by atoms with E-state index in [0.717, 1.165) is 4.90 Å². The first kappa shape index (κ1) is 4.78. The van der Waals surface area contributed by atoms with Gasteiger partial charge in [-0.25, -0.2) is 4.90 Å². The Morgan fingerprint density at radius 1 is 1.33 bits per heavy atom. The van der Waals surface area contributed by atoms with Crippen molar-refractivity contribution in [3.05, 3.63) is 0 Å². The van der Waals surface area contributed by atoms with Gasteiger partial charge in [0.1, 0.15) is 0 Å². The zero-order valence-electron chi connectivity index (χ0n) is 3.34. The minimum absolute atomic E-state index is 0.861. The van der Waals surface area contributed by atoms with E-state index in [1.54, 1.807) is 12.4 Å². The zero-order chi connectivity index (χ0) is 4.99. The average Bonchev–Trinajstić information content (AvgIpc) is 1.65. The van der Waals surface area contributed by atoms with Crippen LogP contribution in [-0.4, -0.2) is 11.9 Å². The van der Waals surface area contributed by atoms with Gasteiger partial charge in [0, 0.05) is 7.05 Å². The lowest BCUT2D eigenvalue weighted by Crippen LogP contribution is -1.98. The highest BCUT2D eigenvalue weighted by molar-refractivity contribution is 4.81. The van der Waals surface area contributed by atoms with Crippen molar-refractivity contribution in [1.82, 2.24) is 4.90 Å². The van der Waals surface area contributed by atoms with Gasteiger partial charge in [-0.2, -0.15) is 10.5 Å². The molecule has 0 saturated carbocycles. The van der Waals surface area contributed by atoms with Gasteiger partial charge in [-0.1, -0.05) is 0 Å². The van der Waals surface area contributed by atoms with Crippen molar-refractivity contribution in [3.8, 4) is 12.4 Å². The monoisotopic (exact) mass is 81.0 g/mol. The summed E-state index contributed by atoms with van der Waals surface area (Å²) < 4.78 is 0. The van der Waals surface area contributed by atoms with Crippen molar-refractivity contribution in [1.29, 1.82) is 10.5 Å². The van der Waals surface area contributed by atoms with Crippen molar-refractivity contribution in [2.45, 2.75) is 0 Å². The molecule has 0 amide bonds. The van der Waals surface area contributed by atoms with Crippen LogP contribution in [0.3, 0.4) is 0 Å². The molecule has 0 unspecified atom stereocenters. The topological polar surface area (TPSA) is 50.8 Å². The lowest BCUT2D eigenvalue weighted by atomic mass is 11.0. The van der Waals surface area contributed by atoms with E-state index in [4.69, 9.17) is 10.5 Å². The minimum atomic E-state index is 0.861. The molecule has 0 aromatic heterocycles. The summed E-state index contributed by atoms with van der Waals surface area (Å²) in [5.74, 6) is 0. The molecule has 0 N–H and O–H groups in total. The van der Waals surface area contributed by atoms with Crippen LogP contribution in [0.4, 0.5) is 0 Å². The van der Waals surface area contributed by atoms with Crippen molar-refractivity contribution in [3.63, 3.8) is 0 Å². The van der Waals surface area contributed by atoms with Gasteiger partial charge in [0.05, 0.1) is 0 Å². The number of nitrogens with zero attached hydrogens (tertiary/aromatic N) is 3. The van der Waals surface area contributed by atoms with E-state index in [9.17, 15) is 0 Å². The highest BCUT2D eigenvalue weighted by Crippen LogP contribution is 1.63. The van der Waals surface area contributed by atoms with E-state index in [1.807, 2.05) is 0 Å². The van der Waals surface area contributed by atoms with Crippen LogP contribution in [0.25, 0.3) is 0 Å². The molecular weight excluding hydrogens is 78.1 g/mol. The molecule has 6 heavy (non-hydrogen) atoms. The number of nitriles is 2. The molecule has 0 aliphatic rings. The van der Waals surface area contributed by atoms with E-state index in [0.29, 0.717) is 0 Å². The number of rotatable bonds is 0. The molecule has 0 aliphatic carbocycles. The van der Waals surface area contributed by atoms with Gasteiger partial charge in [-0.05, 0) is 0 Å². The highest BCUT2D eigenvalue weighted by Gasteiger charge is 1.78. The van der Waals surface area contributed by atoms with Crippen LogP contribution in [0, 0.1) is 22.9 Å². The van der Waals surface area contributed by atoms with Gasteiger partial charge < -0.3 is 0 Å². The fourth-order valence-electron chi connectivity index (χ4n) is 0.0224. The molecule has 0 spiro atoms. The molecule has 0 bridgehead atoms. The van der Waals surface area contributed by atoms with Crippen LogP contribution in [-0.2, 0) is 0 Å². The Balaban J connectivity index is 3.40. The Morgan fingerprint density at radius 2 is 1.67 bits per heavy atom. The van der Waals surface area contributed by atoms with Crippen LogP contribution in [0.2, 0.25) is 0 Å². The largest absolute Gasteiger partial charge is 0.219 e. The quantitative estimate of drug-likeness (QED) is 0.301. The van der Waals surface area contributed by atoms with Crippen LogP contribution in [0.5, 0.6) is 0 Å². The van der Waals surface area contributed by atoms with E-state index in [1.165, 1.54) is 7.05 Å². The molecule has 0 radical (unpaired) electrons.